The van der Waals surface area contributed by atoms with Crippen molar-refractivity contribution in [2.75, 3.05) is 5.32 Å². The zero-order valence-electron chi connectivity index (χ0n) is 12.2. The van der Waals surface area contributed by atoms with E-state index in [-0.39, 0.29) is 5.91 Å². The summed E-state index contributed by atoms with van der Waals surface area (Å²) in [5, 5.41) is 7.03. The molecule has 0 aliphatic carbocycles. The summed E-state index contributed by atoms with van der Waals surface area (Å²) < 4.78 is 3.52. The number of carbonyl (C=O) groups is 1. The quantitative estimate of drug-likeness (QED) is 0.802. The van der Waals surface area contributed by atoms with Gasteiger partial charge in [0.1, 0.15) is 6.04 Å². The molecule has 3 rings (SSSR count). The number of carbonyl (C=O) groups excluding carboxylic acids is 1. The number of fused-ring (bicyclic) bond motifs is 1. The van der Waals surface area contributed by atoms with Gasteiger partial charge in [0.2, 0.25) is 5.95 Å². The van der Waals surface area contributed by atoms with Crippen LogP contribution in [0.2, 0.25) is 0 Å². The van der Waals surface area contributed by atoms with E-state index in [1.807, 2.05) is 55.9 Å². The molecule has 0 bridgehead atoms. The van der Waals surface area contributed by atoms with Gasteiger partial charge in [0.15, 0.2) is 0 Å². The van der Waals surface area contributed by atoms with Crippen molar-refractivity contribution in [3.8, 4) is 0 Å². The van der Waals surface area contributed by atoms with Crippen molar-refractivity contribution in [1.82, 2.24) is 19.3 Å². The van der Waals surface area contributed by atoms with Crippen LogP contribution in [0.5, 0.6) is 0 Å². The molecule has 6 heteroatoms. The molecule has 0 aliphatic rings. The summed E-state index contributed by atoms with van der Waals surface area (Å²) in [5.74, 6) is 0.397. The fourth-order valence-electron chi connectivity index (χ4n) is 2.24. The average Bonchev–Trinajstić information content (AvgIpc) is 3.04. The van der Waals surface area contributed by atoms with Crippen LogP contribution in [0.25, 0.3) is 11.0 Å². The van der Waals surface area contributed by atoms with E-state index in [0.29, 0.717) is 5.95 Å². The number of amides is 1. The van der Waals surface area contributed by atoms with Crippen molar-refractivity contribution in [2.24, 2.45) is 7.05 Å². The normalized spacial score (nSPS) is 12.5. The third kappa shape index (κ3) is 2.40. The fraction of sp³-hybridized carbons (Fsp3) is 0.267. The van der Waals surface area contributed by atoms with Crippen LogP contribution in [0, 0.1) is 6.92 Å². The number of hydrogen-bond donors (Lipinski definition) is 1. The molecule has 2 aromatic heterocycles. The second-order valence-electron chi connectivity index (χ2n) is 5.15. The summed E-state index contributed by atoms with van der Waals surface area (Å²) in [4.78, 5) is 16.8. The number of rotatable bonds is 3. The van der Waals surface area contributed by atoms with E-state index in [9.17, 15) is 4.79 Å². The molecule has 108 valence electrons. The minimum absolute atomic E-state index is 0.142. The van der Waals surface area contributed by atoms with E-state index in [2.05, 4.69) is 15.4 Å². The molecule has 1 aromatic carbocycles. The molecule has 21 heavy (non-hydrogen) atoms. The zero-order chi connectivity index (χ0) is 15.0. The smallest absolute Gasteiger partial charge is 0.251 e. The summed E-state index contributed by atoms with van der Waals surface area (Å²) in [7, 11) is 1.88. The maximum Gasteiger partial charge on any atom is 0.251 e. The molecule has 3 aromatic rings. The summed E-state index contributed by atoms with van der Waals surface area (Å²) in [6.45, 7) is 3.75. The van der Waals surface area contributed by atoms with Gasteiger partial charge >= 0.3 is 0 Å². The van der Waals surface area contributed by atoms with Gasteiger partial charge in [0.05, 0.1) is 17.2 Å². The van der Waals surface area contributed by atoms with Crippen LogP contribution in [0.4, 0.5) is 5.95 Å². The van der Waals surface area contributed by atoms with Crippen LogP contribution in [-0.4, -0.2) is 25.2 Å². The lowest BCUT2D eigenvalue weighted by molar-refractivity contribution is -0.119. The first-order valence-corrected chi connectivity index (χ1v) is 6.79. The Balaban J connectivity index is 1.84. The number of aryl methyl sites for hydroxylation is 2. The Kier molecular flexibility index (Phi) is 3.21. The van der Waals surface area contributed by atoms with Crippen LogP contribution >= 0.6 is 0 Å². The summed E-state index contributed by atoms with van der Waals surface area (Å²) in [6.07, 6.45) is 3.58. The Morgan fingerprint density at radius 2 is 2.10 bits per heavy atom. The van der Waals surface area contributed by atoms with Gasteiger partial charge in [0.25, 0.3) is 5.91 Å². The first-order chi connectivity index (χ1) is 10.1. The minimum Gasteiger partial charge on any atom is -0.313 e. The lowest BCUT2D eigenvalue weighted by Gasteiger charge is -2.12. The van der Waals surface area contributed by atoms with Crippen molar-refractivity contribution in [2.45, 2.75) is 19.9 Å². The standard InChI is InChI=1S/C15H17N5O/c1-10-8-16-20(9-10)11(2)14(21)18-15-17-12-6-4-5-7-13(12)19(15)3/h4-9,11H,1-3H3,(H,17,18,21). The molecular formula is C15H17N5O. The van der Waals surface area contributed by atoms with Crippen molar-refractivity contribution < 1.29 is 4.79 Å². The molecule has 0 saturated heterocycles. The molecule has 1 atom stereocenters. The topological polar surface area (TPSA) is 64.7 Å². The molecule has 6 nitrogen and oxygen atoms in total. The van der Waals surface area contributed by atoms with Crippen LogP contribution in [0.1, 0.15) is 18.5 Å². The molecule has 1 unspecified atom stereocenters. The first-order valence-electron chi connectivity index (χ1n) is 6.79. The highest BCUT2D eigenvalue weighted by atomic mass is 16.2. The number of nitrogens with zero attached hydrogens (tertiary/aromatic N) is 4. The summed E-state index contributed by atoms with van der Waals surface area (Å²) in [6, 6.07) is 7.38. The molecule has 1 N–H and O–H groups in total. The monoisotopic (exact) mass is 283 g/mol. The van der Waals surface area contributed by atoms with Crippen molar-refractivity contribution in [3.63, 3.8) is 0 Å². The van der Waals surface area contributed by atoms with E-state index in [1.54, 1.807) is 10.9 Å². The number of anilines is 1. The predicted octanol–water partition coefficient (Wildman–Crippen LogP) is 2.28. The van der Waals surface area contributed by atoms with Gasteiger partial charge in [-0.1, -0.05) is 12.1 Å². The third-order valence-electron chi connectivity index (χ3n) is 3.53. The van der Waals surface area contributed by atoms with Crippen molar-refractivity contribution >= 4 is 22.9 Å². The van der Waals surface area contributed by atoms with Gasteiger partial charge in [-0.3, -0.25) is 14.8 Å². The lowest BCUT2D eigenvalue weighted by atomic mass is 10.3. The van der Waals surface area contributed by atoms with Crippen molar-refractivity contribution in [1.29, 1.82) is 0 Å². The second kappa shape index (κ2) is 5.05. The Hall–Kier alpha value is -2.63. The first kappa shape index (κ1) is 13.4. The molecule has 0 radical (unpaired) electrons. The van der Waals surface area contributed by atoms with Gasteiger partial charge < -0.3 is 4.57 Å². The van der Waals surface area contributed by atoms with E-state index >= 15 is 0 Å². The molecular weight excluding hydrogens is 266 g/mol. The Bertz CT molecular complexity index is 801. The highest BCUT2D eigenvalue weighted by molar-refractivity contribution is 5.93. The molecule has 1 amide bonds. The van der Waals surface area contributed by atoms with Gasteiger partial charge in [-0.2, -0.15) is 5.10 Å². The van der Waals surface area contributed by atoms with E-state index in [1.165, 1.54) is 0 Å². The fourth-order valence-corrected chi connectivity index (χ4v) is 2.24. The SMILES string of the molecule is Cc1cnn(C(C)C(=O)Nc2nc3ccccc3n2C)c1. The van der Waals surface area contributed by atoms with E-state index < -0.39 is 6.04 Å². The number of aromatic nitrogens is 4. The number of benzene rings is 1. The predicted molar refractivity (Wildman–Crippen MR) is 81.0 cm³/mol. The molecule has 0 saturated carbocycles. The second-order valence-corrected chi connectivity index (χ2v) is 5.15. The van der Waals surface area contributed by atoms with Crippen LogP contribution in [0.3, 0.4) is 0 Å². The molecule has 2 heterocycles. The highest BCUT2D eigenvalue weighted by Crippen LogP contribution is 2.18. The highest BCUT2D eigenvalue weighted by Gasteiger charge is 2.18. The number of para-hydroxylation sites is 2. The zero-order valence-corrected chi connectivity index (χ0v) is 12.2. The van der Waals surface area contributed by atoms with Gasteiger partial charge in [-0.15, -0.1) is 0 Å². The molecule has 0 fully saturated rings. The Morgan fingerprint density at radius 1 is 1.33 bits per heavy atom. The van der Waals surface area contributed by atoms with Crippen LogP contribution in [0.15, 0.2) is 36.7 Å². The lowest BCUT2D eigenvalue weighted by Crippen LogP contribution is -2.25. The van der Waals surface area contributed by atoms with Crippen LogP contribution < -0.4 is 5.32 Å². The Morgan fingerprint density at radius 3 is 2.76 bits per heavy atom. The maximum atomic E-state index is 12.3. The Labute approximate surface area is 122 Å². The molecule has 0 aliphatic heterocycles. The maximum absolute atomic E-state index is 12.3. The van der Waals surface area contributed by atoms with Gasteiger partial charge in [-0.05, 0) is 31.5 Å². The van der Waals surface area contributed by atoms with E-state index in [0.717, 1.165) is 16.6 Å². The minimum atomic E-state index is -0.390. The number of hydrogen-bond acceptors (Lipinski definition) is 3. The number of nitrogens with one attached hydrogen (secondary N) is 1. The third-order valence-corrected chi connectivity index (χ3v) is 3.53. The largest absolute Gasteiger partial charge is 0.313 e. The number of imidazole rings is 1. The van der Waals surface area contributed by atoms with Gasteiger partial charge in [0, 0.05) is 13.2 Å². The summed E-state index contributed by atoms with van der Waals surface area (Å²) in [5.41, 5.74) is 2.87. The van der Waals surface area contributed by atoms with Crippen molar-refractivity contribution in [3.05, 3.63) is 42.2 Å². The van der Waals surface area contributed by atoms with E-state index in [4.69, 9.17) is 0 Å². The average molecular weight is 283 g/mol. The molecule has 0 spiro atoms. The van der Waals surface area contributed by atoms with Crippen LogP contribution in [-0.2, 0) is 11.8 Å². The van der Waals surface area contributed by atoms with Gasteiger partial charge in [-0.25, -0.2) is 4.98 Å². The summed E-state index contributed by atoms with van der Waals surface area (Å²) >= 11 is 0.